The smallest absolute Gasteiger partial charge is 0.407 e. The van der Waals surface area contributed by atoms with E-state index in [1.165, 1.54) is 0 Å². The Morgan fingerprint density at radius 1 is 1.28 bits per heavy atom. The Labute approximate surface area is 105 Å². The maximum atomic E-state index is 11.4. The number of cyclic esters (lactones) is 1. The van der Waals surface area contributed by atoms with Crippen molar-refractivity contribution < 1.29 is 19.0 Å². The molecule has 1 fully saturated rings. The predicted octanol–water partition coefficient (Wildman–Crippen LogP) is 2.22. The van der Waals surface area contributed by atoms with Gasteiger partial charge in [0.05, 0.1) is 6.04 Å². The van der Waals surface area contributed by atoms with Crippen LogP contribution in [0, 0.1) is 5.41 Å². The largest absolute Gasteiger partial charge is 0.454 e. The van der Waals surface area contributed by atoms with E-state index in [4.69, 9.17) is 14.2 Å². The summed E-state index contributed by atoms with van der Waals surface area (Å²) >= 11 is 0. The highest BCUT2D eigenvalue weighted by molar-refractivity contribution is 5.69. The van der Waals surface area contributed by atoms with Gasteiger partial charge < -0.3 is 19.5 Å². The fourth-order valence-electron chi connectivity index (χ4n) is 2.37. The van der Waals surface area contributed by atoms with Gasteiger partial charge in [-0.05, 0) is 6.07 Å². The van der Waals surface area contributed by atoms with Gasteiger partial charge in [0, 0.05) is 11.0 Å². The van der Waals surface area contributed by atoms with Crippen molar-refractivity contribution >= 4 is 6.09 Å². The van der Waals surface area contributed by atoms with Gasteiger partial charge in [0.2, 0.25) is 6.79 Å². The third-order valence-electron chi connectivity index (χ3n) is 3.36. The van der Waals surface area contributed by atoms with Crippen LogP contribution in [0.3, 0.4) is 0 Å². The molecule has 1 amide bonds. The molecule has 0 aliphatic carbocycles. The molecule has 5 heteroatoms. The number of benzene rings is 1. The zero-order valence-electron chi connectivity index (χ0n) is 10.4. The SMILES string of the molecule is CC1(C)COC(=O)N[C@H]1c1cccc2c1OCO2. The first-order valence-corrected chi connectivity index (χ1v) is 5.90. The summed E-state index contributed by atoms with van der Waals surface area (Å²) in [5.41, 5.74) is 0.737. The lowest BCUT2D eigenvalue weighted by Gasteiger charge is -2.38. The molecule has 3 rings (SSSR count). The summed E-state index contributed by atoms with van der Waals surface area (Å²) in [6, 6.07) is 5.57. The van der Waals surface area contributed by atoms with E-state index in [9.17, 15) is 4.79 Å². The number of carbonyl (C=O) groups excluding carboxylic acids is 1. The molecule has 0 spiro atoms. The molecule has 2 aliphatic heterocycles. The van der Waals surface area contributed by atoms with Gasteiger partial charge in [-0.3, -0.25) is 0 Å². The van der Waals surface area contributed by atoms with E-state index in [0.29, 0.717) is 6.61 Å². The normalized spacial score (nSPS) is 24.3. The van der Waals surface area contributed by atoms with E-state index in [1.54, 1.807) is 0 Å². The molecule has 0 radical (unpaired) electrons. The predicted molar refractivity (Wildman–Crippen MR) is 63.6 cm³/mol. The molecular formula is C13H15NO4. The van der Waals surface area contributed by atoms with Crippen LogP contribution in [0.15, 0.2) is 18.2 Å². The van der Waals surface area contributed by atoms with Crippen LogP contribution in [0.1, 0.15) is 25.5 Å². The van der Waals surface area contributed by atoms with E-state index in [2.05, 4.69) is 5.32 Å². The Balaban J connectivity index is 2.03. The number of carbonyl (C=O) groups is 1. The average molecular weight is 249 g/mol. The van der Waals surface area contributed by atoms with Crippen molar-refractivity contribution in [2.45, 2.75) is 19.9 Å². The number of hydrogen-bond donors (Lipinski definition) is 1. The molecule has 2 heterocycles. The number of amides is 1. The van der Waals surface area contributed by atoms with Gasteiger partial charge in [-0.1, -0.05) is 26.0 Å². The maximum Gasteiger partial charge on any atom is 0.407 e. The van der Waals surface area contributed by atoms with Crippen LogP contribution in [0.2, 0.25) is 0 Å². The van der Waals surface area contributed by atoms with Crippen LogP contribution in [-0.2, 0) is 4.74 Å². The molecule has 5 nitrogen and oxygen atoms in total. The highest BCUT2D eigenvalue weighted by atomic mass is 16.7. The van der Waals surface area contributed by atoms with Gasteiger partial charge in [0.15, 0.2) is 11.5 Å². The molecule has 1 aromatic rings. The fraction of sp³-hybridized carbons (Fsp3) is 0.462. The second kappa shape index (κ2) is 3.80. The quantitative estimate of drug-likeness (QED) is 0.829. The van der Waals surface area contributed by atoms with Gasteiger partial charge in [-0.2, -0.15) is 0 Å². The summed E-state index contributed by atoms with van der Waals surface area (Å²) in [7, 11) is 0. The van der Waals surface area contributed by atoms with E-state index in [0.717, 1.165) is 17.1 Å². The fourth-order valence-corrected chi connectivity index (χ4v) is 2.37. The summed E-state index contributed by atoms with van der Waals surface area (Å²) in [5, 5.41) is 2.86. The van der Waals surface area contributed by atoms with Gasteiger partial charge >= 0.3 is 6.09 Å². The number of fused-ring (bicyclic) bond motifs is 1. The summed E-state index contributed by atoms with van der Waals surface area (Å²) < 4.78 is 15.9. The van der Waals surface area contributed by atoms with Crippen LogP contribution in [0.4, 0.5) is 4.79 Å². The van der Waals surface area contributed by atoms with Gasteiger partial charge in [-0.25, -0.2) is 4.79 Å². The average Bonchev–Trinajstić information content (AvgIpc) is 2.80. The molecule has 0 saturated carbocycles. The molecule has 1 aromatic carbocycles. The third-order valence-corrected chi connectivity index (χ3v) is 3.36. The highest BCUT2D eigenvalue weighted by Gasteiger charge is 2.40. The van der Waals surface area contributed by atoms with Gasteiger partial charge in [0.25, 0.3) is 0 Å². The third kappa shape index (κ3) is 1.66. The van der Waals surface area contributed by atoms with Crippen molar-refractivity contribution in [2.24, 2.45) is 5.41 Å². The second-order valence-electron chi connectivity index (χ2n) is 5.22. The second-order valence-corrected chi connectivity index (χ2v) is 5.22. The van der Waals surface area contributed by atoms with Crippen LogP contribution >= 0.6 is 0 Å². The van der Waals surface area contributed by atoms with Crippen LogP contribution in [-0.4, -0.2) is 19.5 Å². The number of hydrogen-bond acceptors (Lipinski definition) is 4. The number of para-hydroxylation sites is 1. The van der Waals surface area contributed by atoms with Gasteiger partial charge in [-0.15, -0.1) is 0 Å². The number of rotatable bonds is 1. The topological polar surface area (TPSA) is 56.8 Å². The van der Waals surface area contributed by atoms with E-state index < -0.39 is 6.09 Å². The first-order chi connectivity index (χ1) is 8.58. The maximum absolute atomic E-state index is 11.4. The summed E-state index contributed by atoms with van der Waals surface area (Å²) in [4.78, 5) is 11.4. The lowest BCUT2D eigenvalue weighted by atomic mass is 9.80. The minimum absolute atomic E-state index is 0.143. The Bertz CT molecular complexity index is 498. The Hall–Kier alpha value is -1.91. The molecule has 96 valence electrons. The number of nitrogens with one attached hydrogen (secondary N) is 1. The molecular weight excluding hydrogens is 234 g/mol. The Kier molecular flexibility index (Phi) is 2.36. The minimum Gasteiger partial charge on any atom is -0.454 e. The van der Waals surface area contributed by atoms with Crippen LogP contribution in [0.25, 0.3) is 0 Å². The van der Waals surface area contributed by atoms with E-state index >= 15 is 0 Å². The molecule has 0 aromatic heterocycles. The highest BCUT2D eigenvalue weighted by Crippen LogP contribution is 2.45. The van der Waals surface area contributed by atoms with Crippen molar-refractivity contribution in [3.8, 4) is 11.5 Å². The van der Waals surface area contributed by atoms with Crippen LogP contribution in [0.5, 0.6) is 11.5 Å². The lowest BCUT2D eigenvalue weighted by molar-refractivity contribution is 0.0379. The molecule has 1 N–H and O–H groups in total. The molecule has 18 heavy (non-hydrogen) atoms. The summed E-state index contributed by atoms with van der Waals surface area (Å²) in [6.07, 6.45) is -0.393. The first-order valence-electron chi connectivity index (χ1n) is 5.90. The lowest BCUT2D eigenvalue weighted by Crippen LogP contribution is -2.47. The van der Waals surface area contributed by atoms with E-state index in [1.807, 2.05) is 32.0 Å². The number of ether oxygens (including phenoxy) is 3. The molecule has 2 aliphatic rings. The summed E-state index contributed by atoms with van der Waals surface area (Å²) in [5.74, 6) is 1.45. The monoisotopic (exact) mass is 249 g/mol. The molecule has 0 unspecified atom stereocenters. The zero-order valence-corrected chi connectivity index (χ0v) is 10.4. The van der Waals surface area contributed by atoms with Crippen LogP contribution < -0.4 is 14.8 Å². The first kappa shape index (κ1) is 11.2. The van der Waals surface area contributed by atoms with Crippen molar-refractivity contribution in [1.29, 1.82) is 0 Å². The Morgan fingerprint density at radius 2 is 2.11 bits per heavy atom. The molecule has 0 bridgehead atoms. The molecule has 1 atom stereocenters. The van der Waals surface area contributed by atoms with Crippen molar-refractivity contribution in [2.75, 3.05) is 13.4 Å². The van der Waals surface area contributed by atoms with Crippen molar-refractivity contribution in [1.82, 2.24) is 5.32 Å². The zero-order chi connectivity index (χ0) is 12.8. The Morgan fingerprint density at radius 3 is 2.94 bits per heavy atom. The van der Waals surface area contributed by atoms with Crippen molar-refractivity contribution in [3.05, 3.63) is 23.8 Å². The standard InChI is InChI=1S/C13H15NO4/c1-13(2)6-16-12(15)14-11(13)8-4-3-5-9-10(8)18-7-17-9/h3-5,11H,6-7H2,1-2H3,(H,14,15)/t11-/m0/s1. The van der Waals surface area contributed by atoms with Gasteiger partial charge in [0.1, 0.15) is 6.61 Å². The minimum atomic E-state index is -0.393. The van der Waals surface area contributed by atoms with Crippen molar-refractivity contribution in [3.63, 3.8) is 0 Å². The molecule has 1 saturated heterocycles. The number of alkyl carbamates (subject to hydrolysis) is 1. The van der Waals surface area contributed by atoms with E-state index in [-0.39, 0.29) is 18.2 Å². The summed E-state index contributed by atoms with van der Waals surface area (Å²) in [6.45, 7) is 4.70.